The summed E-state index contributed by atoms with van der Waals surface area (Å²) in [5.41, 5.74) is 1.02. The van der Waals surface area contributed by atoms with Gasteiger partial charge < -0.3 is 9.94 Å². The number of carboxylic acids is 1. The Morgan fingerprint density at radius 1 is 1.18 bits per heavy atom. The Bertz CT molecular complexity index is 457. The zero-order valence-electron chi connectivity index (χ0n) is 13.3. The Labute approximate surface area is 131 Å². The number of benzene rings is 1. The molecule has 0 amide bonds. The number of hydrogen-bond acceptors (Lipinski definition) is 4. The molecule has 0 unspecified atom stereocenters. The van der Waals surface area contributed by atoms with Gasteiger partial charge in [0.15, 0.2) is 0 Å². The van der Waals surface area contributed by atoms with Crippen LogP contribution in [0.15, 0.2) is 30.3 Å². The summed E-state index contributed by atoms with van der Waals surface area (Å²) < 4.78 is 0. The monoisotopic (exact) mass is 307 g/mol. The van der Waals surface area contributed by atoms with Crippen LogP contribution in [0.5, 0.6) is 0 Å². The molecule has 22 heavy (non-hydrogen) atoms. The predicted octanol–water partition coefficient (Wildman–Crippen LogP) is 3.25. The number of hydroxylamine groups is 2. The molecular formula is C17H25NO4. The van der Waals surface area contributed by atoms with E-state index in [1.165, 1.54) is 0 Å². The van der Waals surface area contributed by atoms with Crippen molar-refractivity contribution in [2.45, 2.75) is 46.1 Å². The third kappa shape index (κ3) is 7.22. The molecule has 0 aliphatic heterocycles. The van der Waals surface area contributed by atoms with Gasteiger partial charge in [-0.15, -0.1) is 5.06 Å². The molecule has 0 spiro atoms. The minimum atomic E-state index is -1.18. The Morgan fingerprint density at radius 3 is 2.36 bits per heavy atom. The maximum atomic E-state index is 11.6. The minimum Gasteiger partial charge on any atom is -0.481 e. The van der Waals surface area contributed by atoms with Gasteiger partial charge in [-0.3, -0.25) is 4.79 Å². The molecular weight excluding hydrogens is 282 g/mol. The van der Waals surface area contributed by atoms with E-state index in [0.717, 1.165) is 24.8 Å². The molecule has 5 heteroatoms. The second-order valence-corrected chi connectivity index (χ2v) is 5.35. The van der Waals surface area contributed by atoms with Crippen LogP contribution >= 0.6 is 0 Å². The van der Waals surface area contributed by atoms with Gasteiger partial charge in [-0.25, -0.2) is 4.79 Å². The first-order valence-corrected chi connectivity index (χ1v) is 7.76. The molecule has 0 heterocycles. The van der Waals surface area contributed by atoms with Crippen LogP contribution in [0.3, 0.4) is 0 Å². The molecule has 1 aromatic carbocycles. The molecule has 1 rings (SSSR count). The van der Waals surface area contributed by atoms with Crippen molar-refractivity contribution >= 4 is 11.9 Å². The summed E-state index contributed by atoms with van der Waals surface area (Å²) in [6.45, 7) is 5.36. The van der Waals surface area contributed by atoms with Gasteiger partial charge in [0.2, 0.25) is 0 Å². The molecule has 0 atom stereocenters. The lowest BCUT2D eigenvalue weighted by Gasteiger charge is -2.23. The molecule has 1 aromatic rings. The third-order valence-electron chi connectivity index (χ3n) is 3.67. The maximum Gasteiger partial charge on any atom is 0.336 e. The Kier molecular flexibility index (Phi) is 8.22. The molecule has 0 aliphatic carbocycles. The second kappa shape index (κ2) is 9.95. The van der Waals surface area contributed by atoms with Gasteiger partial charge >= 0.3 is 11.9 Å². The van der Waals surface area contributed by atoms with E-state index in [4.69, 9.17) is 9.94 Å². The fourth-order valence-electron chi connectivity index (χ4n) is 2.27. The fourth-order valence-corrected chi connectivity index (χ4v) is 2.27. The van der Waals surface area contributed by atoms with Crippen molar-refractivity contribution in [1.82, 2.24) is 5.06 Å². The van der Waals surface area contributed by atoms with Gasteiger partial charge in [-0.1, -0.05) is 57.0 Å². The van der Waals surface area contributed by atoms with Crippen LogP contribution in [-0.4, -0.2) is 28.7 Å². The van der Waals surface area contributed by atoms with Crippen LogP contribution in [0.1, 0.15) is 45.1 Å². The van der Waals surface area contributed by atoms with E-state index >= 15 is 0 Å². The molecule has 5 nitrogen and oxygen atoms in total. The van der Waals surface area contributed by atoms with Crippen LogP contribution in [-0.2, 0) is 21.0 Å². The van der Waals surface area contributed by atoms with Crippen LogP contribution in [0.4, 0.5) is 0 Å². The first-order valence-electron chi connectivity index (χ1n) is 7.76. The van der Waals surface area contributed by atoms with E-state index in [9.17, 15) is 9.59 Å². The summed E-state index contributed by atoms with van der Waals surface area (Å²) in [6, 6.07) is 9.68. The van der Waals surface area contributed by atoms with Crippen molar-refractivity contribution in [1.29, 1.82) is 0 Å². The summed E-state index contributed by atoms with van der Waals surface area (Å²) in [4.78, 5) is 27.4. The van der Waals surface area contributed by atoms with Crippen LogP contribution < -0.4 is 0 Å². The lowest BCUT2D eigenvalue weighted by Crippen LogP contribution is -2.30. The van der Waals surface area contributed by atoms with E-state index in [1.807, 2.05) is 30.3 Å². The summed E-state index contributed by atoms with van der Waals surface area (Å²) in [7, 11) is 0. The zero-order valence-corrected chi connectivity index (χ0v) is 13.3. The molecule has 122 valence electrons. The fraction of sp³-hybridized carbons (Fsp3) is 0.529. The van der Waals surface area contributed by atoms with E-state index in [-0.39, 0.29) is 0 Å². The quantitative estimate of drug-likeness (QED) is 0.531. The highest BCUT2D eigenvalue weighted by atomic mass is 16.7. The maximum absolute atomic E-state index is 11.6. The number of aliphatic carboxylic acids is 1. The lowest BCUT2D eigenvalue weighted by atomic mass is 9.99. The van der Waals surface area contributed by atoms with Crippen LogP contribution in [0.25, 0.3) is 0 Å². The van der Waals surface area contributed by atoms with Gasteiger partial charge in [-0.2, -0.15) is 0 Å². The zero-order chi connectivity index (χ0) is 16.4. The Hall–Kier alpha value is -1.88. The van der Waals surface area contributed by atoms with Crippen LogP contribution in [0.2, 0.25) is 0 Å². The molecule has 0 bridgehead atoms. The van der Waals surface area contributed by atoms with Crippen molar-refractivity contribution < 1.29 is 19.5 Å². The van der Waals surface area contributed by atoms with E-state index in [1.54, 1.807) is 5.06 Å². The molecule has 0 fully saturated rings. The topological polar surface area (TPSA) is 66.8 Å². The standard InChI is InChI=1S/C17H25NO4/c1-3-14(4-2)10-11-18(22-17(21)12-16(19)20)13-15-8-6-5-7-9-15/h5-9,14H,3-4,10-13H2,1-2H3,(H,19,20). The largest absolute Gasteiger partial charge is 0.481 e. The smallest absolute Gasteiger partial charge is 0.336 e. The third-order valence-corrected chi connectivity index (χ3v) is 3.67. The van der Waals surface area contributed by atoms with Gasteiger partial charge in [0.1, 0.15) is 6.42 Å². The number of carbonyl (C=O) groups is 2. The van der Waals surface area contributed by atoms with Crippen molar-refractivity contribution in [2.75, 3.05) is 6.54 Å². The summed E-state index contributed by atoms with van der Waals surface area (Å²) in [5, 5.41) is 10.2. The summed E-state index contributed by atoms with van der Waals surface area (Å²) >= 11 is 0. The van der Waals surface area contributed by atoms with E-state index < -0.39 is 18.4 Å². The van der Waals surface area contributed by atoms with Gasteiger partial charge in [-0.05, 0) is 17.9 Å². The highest BCUT2D eigenvalue weighted by molar-refractivity contribution is 5.89. The molecule has 0 saturated heterocycles. The summed E-state index contributed by atoms with van der Waals surface area (Å²) in [5.74, 6) is -1.32. The average molecular weight is 307 g/mol. The number of carbonyl (C=O) groups excluding carboxylic acids is 1. The van der Waals surface area contributed by atoms with Crippen molar-refractivity contribution in [2.24, 2.45) is 5.92 Å². The number of rotatable bonds is 10. The lowest BCUT2D eigenvalue weighted by molar-refractivity contribution is -0.195. The second-order valence-electron chi connectivity index (χ2n) is 5.35. The van der Waals surface area contributed by atoms with Crippen molar-refractivity contribution in [3.8, 4) is 0 Å². The SMILES string of the molecule is CCC(CC)CCN(Cc1ccccc1)OC(=O)CC(=O)O. The van der Waals surface area contributed by atoms with Gasteiger partial charge in [0.05, 0.1) is 6.54 Å². The van der Waals surface area contributed by atoms with Crippen molar-refractivity contribution in [3.63, 3.8) is 0 Å². The average Bonchev–Trinajstić information content (AvgIpc) is 2.48. The first-order chi connectivity index (χ1) is 10.5. The number of carboxylic acid groups (broad SMARTS) is 1. The van der Waals surface area contributed by atoms with Gasteiger partial charge in [0, 0.05) is 6.54 Å². The molecule has 0 aromatic heterocycles. The molecule has 1 N–H and O–H groups in total. The number of hydrogen-bond donors (Lipinski definition) is 1. The predicted molar refractivity (Wildman–Crippen MR) is 83.9 cm³/mol. The first kappa shape index (κ1) is 18.2. The Morgan fingerprint density at radius 2 is 1.82 bits per heavy atom. The molecule has 0 aliphatic rings. The van der Waals surface area contributed by atoms with E-state index in [0.29, 0.717) is 19.0 Å². The van der Waals surface area contributed by atoms with Crippen LogP contribution in [0, 0.1) is 5.92 Å². The Balaban J connectivity index is 2.63. The normalized spacial score (nSPS) is 10.9. The summed E-state index contributed by atoms with van der Waals surface area (Å²) in [6.07, 6.45) is 2.47. The number of nitrogens with zero attached hydrogens (tertiary/aromatic N) is 1. The van der Waals surface area contributed by atoms with Crippen molar-refractivity contribution in [3.05, 3.63) is 35.9 Å². The minimum absolute atomic E-state index is 0.465. The van der Waals surface area contributed by atoms with E-state index in [2.05, 4.69) is 13.8 Å². The highest BCUT2D eigenvalue weighted by Gasteiger charge is 2.16. The highest BCUT2D eigenvalue weighted by Crippen LogP contribution is 2.15. The van der Waals surface area contributed by atoms with Gasteiger partial charge in [0.25, 0.3) is 0 Å². The molecule has 0 radical (unpaired) electrons. The molecule has 0 saturated carbocycles.